The summed E-state index contributed by atoms with van der Waals surface area (Å²) in [5.74, 6) is 0.389. The lowest BCUT2D eigenvalue weighted by Crippen LogP contribution is -2.15. The number of methoxy groups -OCH3 is 1. The van der Waals surface area contributed by atoms with Gasteiger partial charge in [-0.25, -0.2) is 0 Å². The molecule has 0 heterocycles. The minimum absolute atomic E-state index is 0.0744. The molecule has 5 heteroatoms. The van der Waals surface area contributed by atoms with E-state index in [1.165, 1.54) is 31.9 Å². The Hall–Kier alpha value is -1.62. The Morgan fingerprint density at radius 1 is 1.29 bits per heavy atom. The van der Waals surface area contributed by atoms with Gasteiger partial charge >= 0.3 is 6.61 Å². The molecule has 2 rings (SSSR count). The highest BCUT2D eigenvalue weighted by Crippen LogP contribution is 2.29. The molecule has 1 N–H and O–H groups in total. The van der Waals surface area contributed by atoms with Crippen LogP contribution in [-0.2, 0) is 6.54 Å². The van der Waals surface area contributed by atoms with Gasteiger partial charge in [0.1, 0.15) is 0 Å². The fraction of sp³-hybridized carbons (Fsp3) is 0.500. The lowest BCUT2D eigenvalue weighted by Gasteiger charge is -2.12. The van der Waals surface area contributed by atoms with Crippen LogP contribution >= 0.6 is 0 Å². The molecule has 1 aliphatic carbocycles. The lowest BCUT2D eigenvalue weighted by atomic mass is 10.1. The van der Waals surface area contributed by atoms with Crippen LogP contribution in [-0.4, -0.2) is 20.3 Å². The van der Waals surface area contributed by atoms with Crippen LogP contribution in [0.15, 0.2) is 29.8 Å². The van der Waals surface area contributed by atoms with Gasteiger partial charge in [-0.3, -0.25) is 0 Å². The van der Waals surface area contributed by atoms with Gasteiger partial charge in [0.15, 0.2) is 11.5 Å². The highest BCUT2D eigenvalue weighted by atomic mass is 19.3. The molecule has 0 saturated heterocycles. The van der Waals surface area contributed by atoms with Gasteiger partial charge in [-0.15, -0.1) is 0 Å². The smallest absolute Gasteiger partial charge is 0.387 e. The van der Waals surface area contributed by atoms with Crippen molar-refractivity contribution in [3.63, 3.8) is 0 Å². The first-order valence-electron chi connectivity index (χ1n) is 7.19. The molecule has 1 aromatic carbocycles. The molecular weight excluding hydrogens is 276 g/mol. The highest BCUT2D eigenvalue weighted by molar-refractivity contribution is 5.42. The molecule has 0 spiro atoms. The summed E-state index contributed by atoms with van der Waals surface area (Å²) in [5.41, 5.74) is 2.41. The zero-order valence-electron chi connectivity index (χ0n) is 12.2. The number of halogens is 2. The van der Waals surface area contributed by atoms with Crippen LogP contribution in [0.1, 0.15) is 31.2 Å². The number of hydrogen-bond acceptors (Lipinski definition) is 3. The van der Waals surface area contributed by atoms with Crippen molar-refractivity contribution < 1.29 is 18.3 Å². The third-order valence-corrected chi connectivity index (χ3v) is 3.53. The van der Waals surface area contributed by atoms with Crippen molar-refractivity contribution in [2.45, 2.75) is 38.8 Å². The monoisotopic (exact) mass is 297 g/mol. The number of rotatable bonds is 8. The van der Waals surface area contributed by atoms with Crippen LogP contribution in [0.2, 0.25) is 0 Å². The van der Waals surface area contributed by atoms with Gasteiger partial charge in [-0.2, -0.15) is 8.78 Å². The van der Waals surface area contributed by atoms with Gasteiger partial charge in [0, 0.05) is 6.54 Å². The molecule has 116 valence electrons. The first kappa shape index (κ1) is 15.8. The highest BCUT2D eigenvalue weighted by Gasteiger charge is 2.11. The van der Waals surface area contributed by atoms with Crippen LogP contribution in [0.5, 0.6) is 11.5 Å². The number of benzene rings is 1. The molecule has 0 atom stereocenters. The Kier molecular flexibility index (Phi) is 5.99. The average molecular weight is 297 g/mol. The quantitative estimate of drug-likeness (QED) is 0.583. The zero-order valence-corrected chi connectivity index (χ0v) is 12.2. The maximum atomic E-state index is 12.3. The SMILES string of the molecule is COc1ccc(CNCCC2=CCCC2)cc1OC(F)F. The summed E-state index contributed by atoms with van der Waals surface area (Å²) in [7, 11) is 1.43. The van der Waals surface area contributed by atoms with Gasteiger partial charge in [0.25, 0.3) is 0 Å². The minimum Gasteiger partial charge on any atom is -0.493 e. The lowest BCUT2D eigenvalue weighted by molar-refractivity contribution is -0.0512. The predicted molar refractivity (Wildman–Crippen MR) is 77.9 cm³/mol. The van der Waals surface area contributed by atoms with Crippen molar-refractivity contribution in [1.29, 1.82) is 0 Å². The number of allylic oxidation sites excluding steroid dienone is 1. The normalized spacial score (nSPS) is 14.4. The van der Waals surface area contributed by atoms with E-state index in [1.54, 1.807) is 12.1 Å². The molecule has 3 nitrogen and oxygen atoms in total. The summed E-state index contributed by atoms with van der Waals surface area (Å²) in [6, 6.07) is 5.08. The van der Waals surface area contributed by atoms with Gasteiger partial charge in [0.2, 0.25) is 0 Å². The molecule has 1 aromatic rings. The van der Waals surface area contributed by atoms with Crippen LogP contribution in [0.3, 0.4) is 0 Å². The van der Waals surface area contributed by atoms with E-state index < -0.39 is 6.61 Å². The van der Waals surface area contributed by atoms with Crippen LogP contribution < -0.4 is 14.8 Å². The molecule has 1 aliphatic rings. The number of alkyl halides is 2. The largest absolute Gasteiger partial charge is 0.493 e. The first-order valence-corrected chi connectivity index (χ1v) is 7.19. The van der Waals surface area contributed by atoms with E-state index in [4.69, 9.17) is 4.74 Å². The summed E-state index contributed by atoms with van der Waals surface area (Å²) < 4.78 is 34.2. The Bertz CT molecular complexity index is 489. The first-order chi connectivity index (χ1) is 10.2. The molecule has 0 amide bonds. The van der Waals surface area contributed by atoms with Gasteiger partial charge in [-0.05, 0) is 49.9 Å². The van der Waals surface area contributed by atoms with Crippen molar-refractivity contribution in [3.8, 4) is 11.5 Å². The zero-order chi connectivity index (χ0) is 15.1. The molecule has 0 saturated carbocycles. The van der Waals surface area contributed by atoms with Crippen molar-refractivity contribution in [2.75, 3.05) is 13.7 Å². The van der Waals surface area contributed by atoms with E-state index in [9.17, 15) is 8.78 Å². The van der Waals surface area contributed by atoms with Gasteiger partial charge in [-0.1, -0.05) is 17.7 Å². The summed E-state index contributed by atoms with van der Waals surface area (Å²) in [4.78, 5) is 0. The third-order valence-electron chi connectivity index (χ3n) is 3.53. The second-order valence-electron chi connectivity index (χ2n) is 5.05. The van der Waals surface area contributed by atoms with Crippen molar-refractivity contribution >= 4 is 0 Å². The molecule has 21 heavy (non-hydrogen) atoms. The van der Waals surface area contributed by atoms with Crippen molar-refractivity contribution in [1.82, 2.24) is 5.32 Å². The van der Waals surface area contributed by atoms with E-state index in [0.717, 1.165) is 18.5 Å². The summed E-state index contributed by atoms with van der Waals surface area (Å²) in [6.45, 7) is -1.34. The average Bonchev–Trinajstić information content (AvgIpc) is 2.96. The van der Waals surface area contributed by atoms with E-state index in [1.807, 2.05) is 6.07 Å². The third kappa shape index (κ3) is 5.01. The fourth-order valence-electron chi connectivity index (χ4n) is 2.47. The summed E-state index contributed by atoms with van der Waals surface area (Å²) in [6.07, 6.45) is 7.03. The molecule has 0 aromatic heterocycles. The van der Waals surface area contributed by atoms with Crippen molar-refractivity contribution in [3.05, 3.63) is 35.4 Å². The Morgan fingerprint density at radius 3 is 2.81 bits per heavy atom. The molecule has 0 fully saturated rings. The molecular formula is C16H21F2NO2. The van der Waals surface area contributed by atoms with Crippen LogP contribution in [0.4, 0.5) is 8.78 Å². The number of hydrogen-bond donors (Lipinski definition) is 1. The Labute approximate surface area is 123 Å². The number of ether oxygens (including phenoxy) is 2. The molecule has 0 bridgehead atoms. The van der Waals surface area contributed by atoms with Crippen LogP contribution in [0, 0.1) is 0 Å². The Morgan fingerprint density at radius 2 is 2.14 bits per heavy atom. The van der Waals surface area contributed by atoms with Gasteiger partial charge < -0.3 is 14.8 Å². The van der Waals surface area contributed by atoms with E-state index in [0.29, 0.717) is 12.3 Å². The van der Waals surface area contributed by atoms with E-state index in [2.05, 4.69) is 16.1 Å². The molecule has 0 aliphatic heterocycles. The Balaban J connectivity index is 1.84. The maximum Gasteiger partial charge on any atom is 0.387 e. The fourth-order valence-corrected chi connectivity index (χ4v) is 2.47. The second-order valence-corrected chi connectivity index (χ2v) is 5.05. The van der Waals surface area contributed by atoms with E-state index in [-0.39, 0.29) is 5.75 Å². The maximum absolute atomic E-state index is 12.3. The molecule has 0 radical (unpaired) electrons. The molecule has 0 unspecified atom stereocenters. The second kappa shape index (κ2) is 7.98. The summed E-state index contributed by atoms with van der Waals surface area (Å²) >= 11 is 0. The predicted octanol–water partition coefficient (Wildman–Crippen LogP) is 3.89. The standard InChI is InChI=1S/C16H21F2NO2/c1-20-14-7-6-13(10-15(14)21-16(17)18)11-19-9-8-12-4-2-3-5-12/h4,6-7,10,16,19H,2-3,5,8-9,11H2,1H3. The topological polar surface area (TPSA) is 30.5 Å². The van der Waals surface area contributed by atoms with Crippen molar-refractivity contribution in [2.24, 2.45) is 0 Å². The minimum atomic E-state index is -2.85. The van der Waals surface area contributed by atoms with Crippen LogP contribution in [0.25, 0.3) is 0 Å². The van der Waals surface area contributed by atoms with Gasteiger partial charge in [0.05, 0.1) is 7.11 Å². The van der Waals surface area contributed by atoms with E-state index >= 15 is 0 Å². The number of nitrogens with one attached hydrogen (secondary N) is 1. The summed E-state index contributed by atoms with van der Waals surface area (Å²) in [5, 5.41) is 3.32.